The molecule has 1 fully saturated rings. The summed E-state index contributed by atoms with van der Waals surface area (Å²) in [6, 6.07) is 10.0. The van der Waals surface area contributed by atoms with E-state index in [1.54, 1.807) is 0 Å². The van der Waals surface area contributed by atoms with Crippen molar-refractivity contribution in [1.29, 1.82) is 0 Å². The summed E-state index contributed by atoms with van der Waals surface area (Å²) in [6.07, 6.45) is 4.00. The number of aryl methyl sites for hydroxylation is 1. The lowest BCUT2D eigenvalue weighted by molar-refractivity contribution is 0.0733. The first-order valence-electron chi connectivity index (χ1n) is 6.87. The number of aromatic nitrogens is 1. The number of nitrogens with one attached hydrogen (secondary N) is 1. The smallest absolute Gasteiger partial charge is 0.254 e. The van der Waals surface area contributed by atoms with Crippen molar-refractivity contribution < 1.29 is 4.79 Å². The van der Waals surface area contributed by atoms with Crippen molar-refractivity contribution in [2.45, 2.75) is 25.8 Å². The number of nitrogens with zero attached hydrogens (tertiary/aromatic N) is 1. The zero-order chi connectivity index (χ0) is 14.1. The minimum atomic E-state index is 0.114. The molecular formula is C16H17BrN2O. The highest BCUT2D eigenvalue weighted by Gasteiger charge is 2.31. The molecule has 2 aromatic rings. The highest BCUT2D eigenvalue weighted by Crippen LogP contribution is 2.32. The molecule has 0 aliphatic carbocycles. The van der Waals surface area contributed by atoms with Crippen molar-refractivity contribution in [1.82, 2.24) is 9.88 Å². The summed E-state index contributed by atoms with van der Waals surface area (Å²) in [4.78, 5) is 17.9. The average Bonchev–Trinajstić information content (AvgIpc) is 3.10. The molecule has 1 saturated heterocycles. The van der Waals surface area contributed by atoms with E-state index in [9.17, 15) is 4.79 Å². The Balaban J connectivity index is 1.87. The second kappa shape index (κ2) is 5.44. The van der Waals surface area contributed by atoms with E-state index in [0.717, 1.165) is 40.7 Å². The Labute approximate surface area is 127 Å². The Morgan fingerprint density at radius 1 is 1.40 bits per heavy atom. The van der Waals surface area contributed by atoms with Gasteiger partial charge in [0.2, 0.25) is 0 Å². The van der Waals surface area contributed by atoms with Gasteiger partial charge in [-0.3, -0.25) is 4.79 Å². The fourth-order valence-corrected chi connectivity index (χ4v) is 3.16. The molecular weight excluding hydrogens is 316 g/mol. The van der Waals surface area contributed by atoms with E-state index in [1.165, 1.54) is 0 Å². The number of rotatable bonds is 2. The van der Waals surface area contributed by atoms with Gasteiger partial charge < -0.3 is 9.88 Å². The van der Waals surface area contributed by atoms with Crippen molar-refractivity contribution >= 4 is 21.8 Å². The maximum atomic E-state index is 12.7. The monoisotopic (exact) mass is 332 g/mol. The number of benzene rings is 1. The van der Waals surface area contributed by atoms with Gasteiger partial charge in [0.25, 0.3) is 5.91 Å². The minimum absolute atomic E-state index is 0.114. The van der Waals surface area contributed by atoms with Gasteiger partial charge in [0.05, 0.1) is 6.04 Å². The van der Waals surface area contributed by atoms with Crippen molar-refractivity contribution in [3.05, 3.63) is 57.8 Å². The van der Waals surface area contributed by atoms with Crippen LogP contribution >= 0.6 is 15.9 Å². The minimum Gasteiger partial charge on any atom is -0.363 e. The van der Waals surface area contributed by atoms with Crippen LogP contribution in [0.15, 0.2) is 41.0 Å². The van der Waals surface area contributed by atoms with E-state index in [2.05, 4.69) is 27.0 Å². The standard InChI is InChI=1S/C16H17BrN2O/c1-11-6-7-12(10-13(11)17)16(20)19-9-3-5-15(19)14-4-2-8-18-14/h2,4,6-8,10,15,18H,3,5,9H2,1H3. The van der Waals surface area contributed by atoms with Crippen molar-refractivity contribution in [3.63, 3.8) is 0 Å². The molecule has 20 heavy (non-hydrogen) atoms. The molecule has 1 aromatic carbocycles. The molecule has 1 unspecified atom stereocenters. The van der Waals surface area contributed by atoms with Crippen LogP contribution in [0.5, 0.6) is 0 Å². The average molecular weight is 333 g/mol. The molecule has 1 aliphatic heterocycles. The largest absolute Gasteiger partial charge is 0.363 e. The molecule has 3 rings (SSSR count). The number of carbonyl (C=O) groups is 1. The summed E-state index contributed by atoms with van der Waals surface area (Å²) < 4.78 is 0.985. The van der Waals surface area contributed by atoms with E-state index < -0.39 is 0 Å². The summed E-state index contributed by atoms with van der Waals surface area (Å²) in [5.41, 5.74) is 3.02. The van der Waals surface area contributed by atoms with Crippen LogP contribution in [0.1, 0.15) is 40.5 Å². The number of hydrogen-bond acceptors (Lipinski definition) is 1. The number of likely N-dealkylation sites (tertiary alicyclic amines) is 1. The Bertz CT molecular complexity index is 621. The third-order valence-electron chi connectivity index (χ3n) is 3.91. The molecule has 1 amide bonds. The van der Waals surface area contributed by atoms with Gasteiger partial charge in [-0.1, -0.05) is 22.0 Å². The molecule has 1 aliphatic rings. The second-order valence-electron chi connectivity index (χ2n) is 5.25. The van der Waals surface area contributed by atoms with Gasteiger partial charge in [-0.05, 0) is 49.6 Å². The maximum Gasteiger partial charge on any atom is 0.254 e. The van der Waals surface area contributed by atoms with Gasteiger partial charge in [-0.25, -0.2) is 0 Å². The van der Waals surface area contributed by atoms with Crippen LogP contribution < -0.4 is 0 Å². The summed E-state index contributed by atoms with van der Waals surface area (Å²) in [5.74, 6) is 0.114. The lowest BCUT2D eigenvalue weighted by Crippen LogP contribution is -2.30. The first-order valence-corrected chi connectivity index (χ1v) is 7.66. The van der Waals surface area contributed by atoms with Crippen LogP contribution in [0.2, 0.25) is 0 Å². The summed E-state index contributed by atoms with van der Waals surface area (Å²) in [5, 5.41) is 0. The predicted molar refractivity (Wildman–Crippen MR) is 82.7 cm³/mol. The molecule has 2 heterocycles. The van der Waals surface area contributed by atoms with Gasteiger partial charge in [-0.15, -0.1) is 0 Å². The maximum absolute atomic E-state index is 12.7. The number of hydrogen-bond donors (Lipinski definition) is 1. The van der Waals surface area contributed by atoms with Crippen molar-refractivity contribution in [3.8, 4) is 0 Å². The molecule has 1 atom stereocenters. The van der Waals surface area contributed by atoms with Crippen molar-refractivity contribution in [2.24, 2.45) is 0 Å². The predicted octanol–water partition coefficient (Wildman–Crippen LogP) is 4.06. The molecule has 3 nitrogen and oxygen atoms in total. The van der Waals surface area contributed by atoms with Gasteiger partial charge in [0.15, 0.2) is 0 Å². The summed E-state index contributed by atoms with van der Waals surface area (Å²) >= 11 is 3.50. The van der Waals surface area contributed by atoms with Crippen LogP contribution in [-0.2, 0) is 0 Å². The van der Waals surface area contributed by atoms with Gasteiger partial charge in [-0.2, -0.15) is 0 Å². The summed E-state index contributed by atoms with van der Waals surface area (Å²) in [7, 11) is 0. The molecule has 0 radical (unpaired) electrons. The van der Waals surface area contributed by atoms with E-state index in [4.69, 9.17) is 0 Å². The first-order chi connectivity index (χ1) is 9.66. The van der Waals surface area contributed by atoms with Crippen LogP contribution in [0.25, 0.3) is 0 Å². The molecule has 1 N–H and O–H groups in total. The number of halogens is 1. The number of amides is 1. The fraction of sp³-hybridized carbons (Fsp3) is 0.312. The Morgan fingerprint density at radius 2 is 2.25 bits per heavy atom. The Morgan fingerprint density at radius 3 is 2.95 bits per heavy atom. The Hall–Kier alpha value is -1.55. The normalized spacial score (nSPS) is 18.5. The lowest BCUT2D eigenvalue weighted by Gasteiger charge is -2.24. The zero-order valence-electron chi connectivity index (χ0n) is 11.4. The number of carbonyl (C=O) groups excluding carboxylic acids is 1. The van der Waals surface area contributed by atoms with Crippen LogP contribution in [0.4, 0.5) is 0 Å². The fourth-order valence-electron chi connectivity index (χ4n) is 2.78. The zero-order valence-corrected chi connectivity index (χ0v) is 13.0. The molecule has 0 bridgehead atoms. The molecule has 104 valence electrons. The highest BCUT2D eigenvalue weighted by molar-refractivity contribution is 9.10. The van der Waals surface area contributed by atoms with E-state index in [0.29, 0.717) is 0 Å². The van der Waals surface area contributed by atoms with Crippen LogP contribution in [-0.4, -0.2) is 22.3 Å². The van der Waals surface area contributed by atoms with Gasteiger partial charge in [0, 0.05) is 28.5 Å². The lowest BCUT2D eigenvalue weighted by atomic mass is 10.1. The van der Waals surface area contributed by atoms with Crippen LogP contribution in [0, 0.1) is 6.92 Å². The van der Waals surface area contributed by atoms with E-state index in [1.807, 2.05) is 42.3 Å². The summed E-state index contributed by atoms with van der Waals surface area (Å²) in [6.45, 7) is 2.85. The van der Waals surface area contributed by atoms with Gasteiger partial charge in [0.1, 0.15) is 0 Å². The third-order valence-corrected chi connectivity index (χ3v) is 4.77. The topological polar surface area (TPSA) is 36.1 Å². The SMILES string of the molecule is Cc1ccc(C(=O)N2CCCC2c2ccc[nH]2)cc1Br. The molecule has 1 aromatic heterocycles. The number of H-pyrrole nitrogens is 1. The van der Waals surface area contributed by atoms with E-state index >= 15 is 0 Å². The van der Waals surface area contributed by atoms with Gasteiger partial charge >= 0.3 is 0 Å². The molecule has 0 spiro atoms. The van der Waals surface area contributed by atoms with Crippen molar-refractivity contribution in [2.75, 3.05) is 6.54 Å². The number of aromatic amines is 1. The van der Waals surface area contributed by atoms with Crippen LogP contribution in [0.3, 0.4) is 0 Å². The second-order valence-corrected chi connectivity index (χ2v) is 6.10. The first kappa shape index (κ1) is 13.4. The third kappa shape index (κ3) is 2.40. The quantitative estimate of drug-likeness (QED) is 0.884. The molecule has 0 saturated carbocycles. The van der Waals surface area contributed by atoms with E-state index in [-0.39, 0.29) is 11.9 Å². The highest BCUT2D eigenvalue weighted by atomic mass is 79.9. The molecule has 4 heteroatoms. The Kier molecular flexibility index (Phi) is 3.66.